The number of rotatable bonds is 13. The first kappa shape index (κ1) is 33.1. The average molecular weight is 612 g/mol. The molecule has 0 aliphatic heterocycles. The van der Waals surface area contributed by atoms with Gasteiger partial charge in [0.05, 0.1) is 0 Å². The summed E-state index contributed by atoms with van der Waals surface area (Å²) in [4.78, 5) is 48.1. The summed E-state index contributed by atoms with van der Waals surface area (Å²) in [5.74, 6) is -0.810. The maximum atomic E-state index is 14.3. The van der Waals surface area contributed by atoms with Crippen LogP contribution in [0.3, 0.4) is 0 Å². The summed E-state index contributed by atoms with van der Waals surface area (Å²) in [7, 11) is 3.16. The van der Waals surface area contributed by atoms with E-state index < -0.39 is 29.5 Å². The van der Waals surface area contributed by atoms with Crippen LogP contribution in [0.15, 0.2) is 89.5 Å². The number of aromatic nitrogens is 2. The van der Waals surface area contributed by atoms with Crippen LogP contribution in [-0.4, -0.2) is 69.4 Å². The molecule has 4 rings (SSSR count). The molecule has 10 nitrogen and oxygen atoms in total. The number of benzene rings is 3. The van der Waals surface area contributed by atoms with E-state index in [4.69, 9.17) is 15.0 Å². The summed E-state index contributed by atoms with van der Waals surface area (Å²) >= 11 is 0. The molecule has 0 saturated carbocycles. The molecule has 1 heterocycles. The van der Waals surface area contributed by atoms with Crippen molar-refractivity contribution in [1.82, 2.24) is 19.9 Å². The van der Waals surface area contributed by atoms with Crippen LogP contribution in [0.2, 0.25) is 0 Å². The lowest BCUT2D eigenvalue weighted by Gasteiger charge is -2.34. The minimum absolute atomic E-state index is 0.153. The first-order valence-corrected chi connectivity index (χ1v) is 14.9. The normalized spacial score (nSPS) is 13.0. The summed E-state index contributed by atoms with van der Waals surface area (Å²) < 4.78 is 10.6. The highest BCUT2D eigenvalue weighted by molar-refractivity contribution is 5.94. The fourth-order valence-corrected chi connectivity index (χ4v) is 4.95. The van der Waals surface area contributed by atoms with Crippen LogP contribution in [-0.2, 0) is 38.6 Å². The third-order valence-electron chi connectivity index (χ3n) is 7.51. The highest BCUT2D eigenvalue weighted by Crippen LogP contribution is 2.21. The summed E-state index contributed by atoms with van der Waals surface area (Å²) in [6, 6.07) is 21.4. The van der Waals surface area contributed by atoms with E-state index in [0.29, 0.717) is 12.2 Å². The molecule has 236 valence electrons. The van der Waals surface area contributed by atoms with Crippen LogP contribution in [0.5, 0.6) is 0 Å². The van der Waals surface area contributed by atoms with Gasteiger partial charge in [0.1, 0.15) is 12.1 Å². The average Bonchev–Trinajstić information content (AvgIpc) is 3.44. The van der Waals surface area contributed by atoms with E-state index in [-0.39, 0.29) is 31.2 Å². The quantitative estimate of drug-likeness (QED) is 0.174. The molecular weight excluding hydrogens is 570 g/mol. The number of amides is 2. The molecule has 0 spiro atoms. The van der Waals surface area contributed by atoms with Gasteiger partial charge in [-0.2, -0.15) is 4.98 Å². The first-order chi connectivity index (χ1) is 21.4. The molecular formula is C35H41N5O5. The van der Waals surface area contributed by atoms with E-state index in [1.54, 1.807) is 27.1 Å². The zero-order valence-corrected chi connectivity index (χ0v) is 26.5. The molecule has 0 radical (unpaired) electrons. The molecule has 0 fully saturated rings. The van der Waals surface area contributed by atoms with Crippen molar-refractivity contribution in [3.8, 4) is 0 Å². The van der Waals surface area contributed by atoms with Crippen molar-refractivity contribution >= 4 is 28.6 Å². The van der Waals surface area contributed by atoms with E-state index in [2.05, 4.69) is 10.1 Å². The molecule has 0 aliphatic rings. The minimum Gasteiger partial charge on any atom is -0.454 e. The van der Waals surface area contributed by atoms with Crippen LogP contribution in [0, 0.1) is 6.92 Å². The predicted octanol–water partition coefficient (Wildman–Crippen LogP) is 4.40. The number of fused-ring (bicyclic) bond motifs is 1. The van der Waals surface area contributed by atoms with Crippen molar-refractivity contribution in [1.29, 1.82) is 0 Å². The SMILES string of the molecule is Cc1noc(COC(=O)[C@@H](Cc2ccccc2)N(C)C(=O)[C@@H](Cc2ccc3ccccc3c2)N(C)C(=O)/C=C/CC(C)(C)N)n1. The molecule has 1 aromatic heterocycles. The van der Waals surface area contributed by atoms with Crippen molar-refractivity contribution in [2.24, 2.45) is 5.73 Å². The van der Waals surface area contributed by atoms with Crippen molar-refractivity contribution in [3.63, 3.8) is 0 Å². The number of aryl methyl sites for hydroxylation is 1. The van der Waals surface area contributed by atoms with E-state index >= 15 is 0 Å². The molecule has 0 aliphatic carbocycles. The van der Waals surface area contributed by atoms with Gasteiger partial charge in [0.2, 0.25) is 11.8 Å². The second kappa shape index (κ2) is 14.8. The van der Waals surface area contributed by atoms with E-state index in [1.807, 2.05) is 86.6 Å². The Bertz CT molecular complexity index is 1640. The number of hydrogen-bond acceptors (Lipinski definition) is 8. The van der Waals surface area contributed by atoms with Gasteiger partial charge in [-0.15, -0.1) is 0 Å². The number of nitrogens with zero attached hydrogens (tertiary/aromatic N) is 4. The number of carbonyl (C=O) groups excluding carboxylic acids is 3. The second-order valence-corrected chi connectivity index (χ2v) is 11.9. The first-order valence-electron chi connectivity index (χ1n) is 14.9. The van der Waals surface area contributed by atoms with Crippen molar-refractivity contribution in [2.75, 3.05) is 14.1 Å². The Hall–Kier alpha value is -4.83. The summed E-state index contributed by atoms with van der Waals surface area (Å²) in [5, 5.41) is 5.82. The maximum Gasteiger partial charge on any atom is 0.329 e. The maximum absolute atomic E-state index is 14.3. The van der Waals surface area contributed by atoms with Crippen molar-refractivity contribution < 1.29 is 23.6 Å². The highest BCUT2D eigenvalue weighted by atomic mass is 16.6. The lowest BCUT2D eigenvalue weighted by molar-refractivity contribution is -0.157. The Morgan fingerprint density at radius 2 is 1.58 bits per heavy atom. The van der Waals surface area contributed by atoms with Gasteiger partial charge in [0.25, 0.3) is 5.89 Å². The van der Waals surface area contributed by atoms with Gasteiger partial charge in [-0.05, 0) is 55.2 Å². The number of esters is 1. The molecule has 0 unspecified atom stereocenters. The monoisotopic (exact) mass is 611 g/mol. The number of nitrogens with two attached hydrogens (primary N) is 1. The fraction of sp³-hybridized carbons (Fsp3) is 0.343. The Labute approximate surface area is 263 Å². The molecule has 2 N–H and O–H groups in total. The van der Waals surface area contributed by atoms with E-state index in [0.717, 1.165) is 21.9 Å². The number of hydrogen-bond donors (Lipinski definition) is 1. The van der Waals surface area contributed by atoms with Crippen LogP contribution in [0.4, 0.5) is 0 Å². The zero-order chi connectivity index (χ0) is 32.6. The van der Waals surface area contributed by atoms with Crippen molar-refractivity contribution in [2.45, 2.75) is 64.3 Å². The topological polar surface area (TPSA) is 132 Å². The van der Waals surface area contributed by atoms with Gasteiger partial charge in [-0.25, -0.2) is 4.79 Å². The number of ether oxygens (including phenoxy) is 1. The Morgan fingerprint density at radius 3 is 2.24 bits per heavy atom. The largest absolute Gasteiger partial charge is 0.454 e. The van der Waals surface area contributed by atoms with Crippen LogP contribution >= 0.6 is 0 Å². The molecule has 45 heavy (non-hydrogen) atoms. The Balaban J connectivity index is 1.63. The predicted molar refractivity (Wildman–Crippen MR) is 172 cm³/mol. The Kier molecular flexibility index (Phi) is 10.9. The minimum atomic E-state index is -0.986. The van der Waals surface area contributed by atoms with Gasteiger partial charge >= 0.3 is 5.97 Å². The summed E-state index contributed by atoms with van der Waals surface area (Å²) in [6.07, 6.45) is 4.09. The zero-order valence-electron chi connectivity index (χ0n) is 26.5. The lowest BCUT2D eigenvalue weighted by Crippen LogP contribution is -2.54. The van der Waals surface area contributed by atoms with Gasteiger partial charge in [0.15, 0.2) is 12.4 Å². The standard InChI is InChI=1S/C35H41N5O5/c1-24-37-31(45-38-24)23-44-34(43)30(21-25-12-7-6-8-13-25)40(5)33(42)29(39(4)32(41)16-11-19-35(2,3)36)22-26-17-18-27-14-9-10-15-28(27)20-26/h6-18,20,29-30H,19,21-23,36H2,1-5H3/b16-11+/t29-,30-/m1/s1. The highest BCUT2D eigenvalue weighted by Gasteiger charge is 2.35. The smallest absolute Gasteiger partial charge is 0.329 e. The molecule has 0 saturated heterocycles. The fourth-order valence-electron chi connectivity index (χ4n) is 4.95. The molecule has 10 heteroatoms. The number of likely N-dealkylation sites (N-methyl/N-ethyl adjacent to an activating group) is 2. The molecule has 0 bridgehead atoms. The van der Waals surface area contributed by atoms with E-state index in [1.165, 1.54) is 15.9 Å². The molecule has 2 atom stereocenters. The lowest BCUT2D eigenvalue weighted by atomic mass is 9.98. The summed E-state index contributed by atoms with van der Waals surface area (Å²) in [5.41, 5.74) is 7.32. The van der Waals surface area contributed by atoms with Gasteiger partial charge in [-0.1, -0.05) is 84.0 Å². The third kappa shape index (κ3) is 9.33. The summed E-state index contributed by atoms with van der Waals surface area (Å²) in [6.45, 7) is 5.18. The van der Waals surface area contributed by atoms with Gasteiger partial charge in [0, 0.05) is 32.5 Å². The van der Waals surface area contributed by atoms with Gasteiger partial charge in [-0.3, -0.25) is 9.59 Å². The van der Waals surface area contributed by atoms with E-state index in [9.17, 15) is 14.4 Å². The van der Waals surface area contributed by atoms with Crippen molar-refractivity contribution in [3.05, 3.63) is 108 Å². The van der Waals surface area contributed by atoms with Crippen LogP contribution in [0.25, 0.3) is 10.8 Å². The van der Waals surface area contributed by atoms with Gasteiger partial charge < -0.3 is 24.8 Å². The van der Waals surface area contributed by atoms with Crippen LogP contribution in [0.1, 0.15) is 43.1 Å². The molecule has 3 aromatic carbocycles. The molecule has 2 amide bonds. The third-order valence-corrected chi connectivity index (χ3v) is 7.51. The Morgan fingerprint density at radius 1 is 0.911 bits per heavy atom. The molecule has 4 aromatic rings. The second-order valence-electron chi connectivity index (χ2n) is 11.9. The van der Waals surface area contributed by atoms with Crippen LogP contribution < -0.4 is 5.73 Å². The number of carbonyl (C=O) groups is 3.